The number of hydrogen-bond acceptors (Lipinski definition) is 6. The summed E-state index contributed by atoms with van der Waals surface area (Å²) in [7, 11) is 0. The normalized spacial score (nSPS) is 29.4. The van der Waals surface area contributed by atoms with Crippen molar-refractivity contribution < 1.29 is 9.26 Å². The van der Waals surface area contributed by atoms with Crippen molar-refractivity contribution in [3.05, 3.63) is 11.7 Å². The third-order valence-electron chi connectivity index (χ3n) is 2.33. The van der Waals surface area contributed by atoms with Crippen LogP contribution in [-0.4, -0.2) is 23.4 Å². The fourth-order valence-corrected chi connectivity index (χ4v) is 1.38. The standard InChI is InChI=1S/C8H14N4O2/c1-5(9)6-11-7(12-14-6)8(10)2-3-13-4-8/h5H,2-4,9-10H2,1H3/t5-,8?/m0/s1. The second kappa shape index (κ2) is 3.30. The van der Waals surface area contributed by atoms with Gasteiger partial charge in [-0.25, -0.2) is 0 Å². The monoisotopic (exact) mass is 198 g/mol. The molecule has 4 N–H and O–H groups in total. The van der Waals surface area contributed by atoms with Crippen LogP contribution in [0.1, 0.15) is 31.1 Å². The second-order valence-corrected chi connectivity index (χ2v) is 3.70. The molecule has 1 aliphatic rings. The Morgan fingerprint density at radius 1 is 1.57 bits per heavy atom. The minimum Gasteiger partial charge on any atom is -0.379 e. The van der Waals surface area contributed by atoms with Crippen LogP contribution in [0.5, 0.6) is 0 Å². The minimum absolute atomic E-state index is 0.262. The van der Waals surface area contributed by atoms with Gasteiger partial charge in [0.25, 0.3) is 0 Å². The zero-order valence-electron chi connectivity index (χ0n) is 8.06. The maximum absolute atomic E-state index is 6.04. The molecule has 1 aliphatic heterocycles. The average molecular weight is 198 g/mol. The smallest absolute Gasteiger partial charge is 0.243 e. The fourth-order valence-electron chi connectivity index (χ4n) is 1.38. The summed E-state index contributed by atoms with van der Waals surface area (Å²) in [6.45, 7) is 2.86. The van der Waals surface area contributed by atoms with Gasteiger partial charge in [0.1, 0.15) is 5.54 Å². The summed E-state index contributed by atoms with van der Waals surface area (Å²) in [6.07, 6.45) is 0.713. The lowest BCUT2D eigenvalue weighted by atomic mass is 10.00. The maximum atomic E-state index is 6.04. The van der Waals surface area contributed by atoms with E-state index in [-0.39, 0.29) is 6.04 Å². The first-order valence-electron chi connectivity index (χ1n) is 4.58. The molecule has 2 atom stereocenters. The third-order valence-corrected chi connectivity index (χ3v) is 2.33. The fraction of sp³-hybridized carbons (Fsp3) is 0.750. The van der Waals surface area contributed by atoms with Crippen molar-refractivity contribution in [2.24, 2.45) is 11.5 Å². The maximum Gasteiger partial charge on any atom is 0.243 e. The zero-order valence-corrected chi connectivity index (χ0v) is 8.06. The van der Waals surface area contributed by atoms with Crippen LogP contribution in [-0.2, 0) is 10.3 Å². The molecule has 14 heavy (non-hydrogen) atoms. The Morgan fingerprint density at radius 3 is 2.86 bits per heavy atom. The molecule has 1 fully saturated rings. The summed E-state index contributed by atoms with van der Waals surface area (Å²) < 4.78 is 10.2. The summed E-state index contributed by atoms with van der Waals surface area (Å²) in [5, 5.41) is 3.82. The van der Waals surface area contributed by atoms with Gasteiger partial charge >= 0.3 is 0 Å². The van der Waals surface area contributed by atoms with Gasteiger partial charge in [-0.3, -0.25) is 0 Å². The molecular weight excluding hydrogens is 184 g/mol. The van der Waals surface area contributed by atoms with Gasteiger partial charge in [-0.05, 0) is 13.3 Å². The van der Waals surface area contributed by atoms with E-state index >= 15 is 0 Å². The quantitative estimate of drug-likeness (QED) is 0.674. The number of nitrogens with zero attached hydrogens (tertiary/aromatic N) is 2. The summed E-state index contributed by atoms with van der Waals surface area (Å²) >= 11 is 0. The van der Waals surface area contributed by atoms with E-state index in [1.54, 1.807) is 6.92 Å². The third kappa shape index (κ3) is 1.52. The van der Waals surface area contributed by atoms with Crippen LogP contribution >= 0.6 is 0 Å². The summed E-state index contributed by atoms with van der Waals surface area (Å²) in [6, 6.07) is -0.262. The Balaban J connectivity index is 2.23. The topological polar surface area (TPSA) is 100 Å². The Morgan fingerprint density at radius 2 is 2.36 bits per heavy atom. The van der Waals surface area contributed by atoms with Crippen molar-refractivity contribution in [2.75, 3.05) is 13.2 Å². The van der Waals surface area contributed by atoms with E-state index in [2.05, 4.69) is 10.1 Å². The van der Waals surface area contributed by atoms with Crippen LogP contribution in [0.2, 0.25) is 0 Å². The molecular formula is C8H14N4O2. The van der Waals surface area contributed by atoms with Crippen LogP contribution in [0, 0.1) is 0 Å². The molecule has 2 rings (SSSR count). The van der Waals surface area contributed by atoms with Crippen LogP contribution in [0.4, 0.5) is 0 Å². The predicted molar refractivity (Wildman–Crippen MR) is 48.2 cm³/mol. The van der Waals surface area contributed by atoms with Crippen LogP contribution in [0.25, 0.3) is 0 Å². The zero-order chi connectivity index (χ0) is 10.2. The van der Waals surface area contributed by atoms with Crippen molar-refractivity contribution in [2.45, 2.75) is 24.9 Å². The molecule has 78 valence electrons. The Hall–Kier alpha value is -0.980. The molecule has 2 heterocycles. The minimum atomic E-state index is -0.601. The van der Waals surface area contributed by atoms with Crippen molar-refractivity contribution >= 4 is 0 Å². The second-order valence-electron chi connectivity index (χ2n) is 3.70. The number of aromatic nitrogens is 2. The molecule has 1 unspecified atom stereocenters. The van der Waals surface area contributed by atoms with Crippen molar-refractivity contribution in [1.82, 2.24) is 10.1 Å². The molecule has 0 aliphatic carbocycles. The van der Waals surface area contributed by atoms with Gasteiger partial charge in [0.05, 0.1) is 12.6 Å². The number of hydrogen-bond donors (Lipinski definition) is 2. The van der Waals surface area contributed by atoms with Gasteiger partial charge in [-0.2, -0.15) is 4.98 Å². The van der Waals surface area contributed by atoms with E-state index < -0.39 is 5.54 Å². The van der Waals surface area contributed by atoms with Gasteiger partial charge < -0.3 is 20.7 Å². The summed E-state index contributed by atoms with van der Waals surface area (Å²) in [5.41, 5.74) is 11.0. The van der Waals surface area contributed by atoms with E-state index in [4.69, 9.17) is 20.7 Å². The van der Waals surface area contributed by atoms with Gasteiger partial charge in [0, 0.05) is 6.61 Å². The molecule has 0 aromatic carbocycles. The lowest BCUT2D eigenvalue weighted by Crippen LogP contribution is -2.38. The van der Waals surface area contributed by atoms with E-state index in [9.17, 15) is 0 Å². The molecule has 0 saturated carbocycles. The lowest BCUT2D eigenvalue weighted by Gasteiger charge is -2.15. The molecule has 6 heteroatoms. The molecule has 0 bridgehead atoms. The van der Waals surface area contributed by atoms with E-state index in [1.807, 2.05) is 0 Å². The highest BCUT2D eigenvalue weighted by Crippen LogP contribution is 2.25. The Bertz CT molecular complexity index is 317. The molecule has 0 amide bonds. The summed E-state index contributed by atoms with van der Waals surface area (Å²) in [5.74, 6) is 0.902. The number of nitrogens with two attached hydrogens (primary N) is 2. The highest BCUT2D eigenvalue weighted by molar-refractivity contribution is 5.06. The van der Waals surface area contributed by atoms with Crippen LogP contribution in [0.15, 0.2) is 4.52 Å². The highest BCUT2D eigenvalue weighted by atomic mass is 16.5. The highest BCUT2D eigenvalue weighted by Gasteiger charge is 2.37. The number of rotatable bonds is 2. The average Bonchev–Trinajstić information content (AvgIpc) is 2.71. The van der Waals surface area contributed by atoms with Crippen LogP contribution in [0.3, 0.4) is 0 Å². The molecule has 1 saturated heterocycles. The van der Waals surface area contributed by atoms with Crippen molar-refractivity contribution in [3.63, 3.8) is 0 Å². The predicted octanol–water partition coefficient (Wildman–Crippen LogP) is -0.336. The first-order valence-corrected chi connectivity index (χ1v) is 4.58. The van der Waals surface area contributed by atoms with Crippen LogP contribution < -0.4 is 11.5 Å². The SMILES string of the molecule is C[C@H](N)c1nc(C2(N)CCOC2)no1. The summed E-state index contributed by atoms with van der Waals surface area (Å²) in [4.78, 5) is 4.16. The first kappa shape index (κ1) is 9.57. The van der Waals surface area contributed by atoms with Gasteiger partial charge in [-0.15, -0.1) is 0 Å². The van der Waals surface area contributed by atoms with Gasteiger partial charge in [-0.1, -0.05) is 5.16 Å². The molecule has 0 spiro atoms. The van der Waals surface area contributed by atoms with Gasteiger partial charge in [0.2, 0.25) is 5.89 Å². The van der Waals surface area contributed by atoms with Gasteiger partial charge in [0.15, 0.2) is 5.82 Å². The molecule has 1 aromatic heterocycles. The van der Waals surface area contributed by atoms with E-state index in [0.717, 1.165) is 0 Å². The van der Waals surface area contributed by atoms with E-state index in [1.165, 1.54) is 0 Å². The molecule has 0 radical (unpaired) electrons. The molecule has 6 nitrogen and oxygen atoms in total. The Labute approximate surface area is 81.6 Å². The first-order chi connectivity index (χ1) is 6.62. The van der Waals surface area contributed by atoms with E-state index in [0.29, 0.717) is 31.3 Å². The van der Waals surface area contributed by atoms with Crippen molar-refractivity contribution in [3.8, 4) is 0 Å². The molecule has 1 aromatic rings. The lowest BCUT2D eigenvalue weighted by molar-refractivity contribution is 0.175. The largest absolute Gasteiger partial charge is 0.379 e. The Kier molecular flexibility index (Phi) is 2.26. The number of ether oxygens (including phenoxy) is 1. The van der Waals surface area contributed by atoms with Crippen molar-refractivity contribution in [1.29, 1.82) is 0 Å².